The van der Waals surface area contributed by atoms with Crippen molar-refractivity contribution in [2.75, 3.05) is 19.9 Å². The topological polar surface area (TPSA) is 50.4 Å². The van der Waals surface area contributed by atoms with E-state index in [1.54, 1.807) is 7.11 Å². The maximum Gasteiger partial charge on any atom is 0.315 e. The summed E-state index contributed by atoms with van der Waals surface area (Å²) in [5, 5.41) is 5.98. The van der Waals surface area contributed by atoms with Gasteiger partial charge in [-0.05, 0) is 46.3 Å². The highest BCUT2D eigenvalue weighted by Gasteiger charge is 2.36. The van der Waals surface area contributed by atoms with E-state index >= 15 is 0 Å². The van der Waals surface area contributed by atoms with Crippen LogP contribution in [0.3, 0.4) is 0 Å². The summed E-state index contributed by atoms with van der Waals surface area (Å²) < 4.78 is 5.66. The number of carbonyl (C=O) groups excluding carboxylic acids is 1. The number of rotatable bonds is 7. The van der Waals surface area contributed by atoms with Crippen molar-refractivity contribution >= 4 is 17.8 Å². The SMILES string of the molecule is COC(C)(C)C[C@@H](C)NC(=O)NCC1(SC)CCC1. The number of carbonyl (C=O) groups is 1. The predicted octanol–water partition coefficient (Wildman–Crippen LogP) is 2.77. The smallest absolute Gasteiger partial charge is 0.315 e. The molecule has 0 bridgehead atoms. The summed E-state index contributed by atoms with van der Waals surface area (Å²) in [4.78, 5) is 11.9. The second kappa shape index (κ2) is 6.84. The number of hydrogen-bond donors (Lipinski definition) is 2. The molecule has 112 valence electrons. The normalized spacial score (nSPS) is 19.4. The van der Waals surface area contributed by atoms with Gasteiger partial charge in [-0.25, -0.2) is 4.79 Å². The standard InChI is InChI=1S/C14H28N2O2S/c1-11(9-13(2,3)18-4)16-12(17)15-10-14(19-5)7-6-8-14/h11H,6-10H2,1-5H3,(H2,15,16,17)/t11-/m1/s1. The van der Waals surface area contributed by atoms with Gasteiger partial charge in [-0.3, -0.25) is 0 Å². The van der Waals surface area contributed by atoms with Crippen LogP contribution in [-0.4, -0.2) is 42.3 Å². The van der Waals surface area contributed by atoms with E-state index in [9.17, 15) is 4.79 Å². The number of thioether (sulfide) groups is 1. The molecule has 0 heterocycles. The van der Waals surface area contributed by atoms with Gasteiger partial charge >= 0.3 is 6.03 Å². The van der Waals surface area contributed by atoms with Gasteiger partial charge in [0, 0.05) is 24.4 Å². The molecule has 1 aliphatic rings. The Bertz CT molecular complexity index is 298. The quantitative estimate of drug-likeness (QED) is 0.757. The second-order valence-corrected chi connectivity index (χ2v) is 7.41. The highest BCUT2D eigenvalue weighted by atomic mass is 32.2. The molecule has 19 heavy (non-hydrogen) atoms. The van der Waals surface area contributed by atoms with E-state index < -0.39 is 0 Å². The first-order valence-electron chi connectivity index (χ1n) is 6.97. The third-order valence-corrected chi connectivity index (χ3v) is 5.42. The minimum atomic E-state index is -0.207. The van der Waals surface area contributed by atoms with Crippen LogP contribution in [0.15, 0.2) is 0 Å². The predicted molar refractivity (Wildman–Crippen MR) is 81.8 cm³/mol. The molecule has 0 spiro atoms. The summed E-state index contributed by atoms with van der Waals surface area (Å²) in [6.45, 7) is 6.83. The Hall–Kier alpha value is -0.420. The molecule has 0 aromatic heterocycles. The monoisotopic (exact) mass is 288 g/mol. The van der Waals surface area contributed by atoms with Crippen LogP contribution in [0.25, 0.3) is 0 Å². The molecule has 0 aromatic carbocycles. The Labute approximate surface area is 121 Å². The summed E-state index contributed by atoms with van der Waals surface area (Å²) in [6, 6.07) is 0.0290. The molecule has 1 aliphatic carbocycles. The average molecular weight is 288 g/mol. The Morgan fingerprint density at radius 2 is 2.11 bits per heavy atom. The summed E-state index contributed by atoms with van der Waals surface area (Å²) in [6.07, 6.45) is 6.62. The highest BCUT2D eigenvalue weighted by Crippen LogP contribution is 2.42. The molecular formula is C14H28N2O2S. The lowest BCUT2D eigenvalue weighted by Gasteiger charge is -2.40. The molecule has 1 fully saturated rings. The van der Waals surface area contributed by atoms with Crippen LogP contribution >= 0.6 is 11.8 Å². The van der Waals surface area contributed by atoms with Crippen LogP contribution in [0, 0.1) is 0 Å². The minimum absolute atomic E-state index is 0.0697. The van der Waals surface area contributed by atoms with Gasteiger partial charge in [-0.1, -0.05) is 6.42 Å². The van der Waals surface area contributed by atoms with E-state index in [-0.39, 0.29) is 22.4 Å². The second-order valence-electron chi connectivity index (χ2n) is 6.14. The van der Waals surface area contributed by atoms with Crippen LogP contribution in [0.4, 0.5) is 4.79 Å². The van der Waals surface area contributed by atoms with Crippen molar-refractivity contribution in [1.82, 2.24) is 10.6 Å². The molecule has 0 aromatic rings. The lowest BCUT2D eigenvalue weighted by atomic mass is 9.84. The molecule has 0 radical (unpaired) electrons. The number of ether oxygens (including phenoxy) is 1. The van der Waals surface area contributed by atoms with Gasteiger partial charge in [0.1, 0.15) is 0 Å². The lowest BCUT2D eigenvalue weighted by molar-refractivity contribution is 0.00949. The average Bonchev–Trinajstić information content (AvgIpc) is 2.27. The first kappa shape index (κ1) is 16.6. The van der Waals surface area contributed by atoms with Crippen LogP contribution in [-0.2, 0) is 4.74 Å². The molecule has 1 atom stereocenters. The fraction of sp³-hybridized carbons (Fsp3) is 0.929. The maximum atomic E-state index is 11.9. The molecule has 4 nitrogen and oxygen atoms in total. The largest absolute Gasteiger partial charge is 0.379 e. The zero-order valence-corrected chi connectivity index (χ0v) is 13.7. The van der Waals surface area contributed by atoms with Gasteiger partial charge in [0.2, 0.25) is 0 Å². The molecule has 2 amide bonds. The summed E-state index contributed by atoms with van der Waals surface area (Å²) in [5.41, 5.74) is -0.207. The lowest BCUT2D eigenvalue weighted by Crippen LogP contribution is -2.50. The molecule has 0 aliphatic heterocycles. The van der Waals surface area contributed by atoms with Crippen molar-refractivity contribution in [2.45, 2.75) is 62.8 Å². The minimum Gasteiger partial charge on any atom is -0.379 e. The molecule has 5 heteroatoms. The Morgan fingerprint density at radius 1 is 1.47 bits per heavy atom. The third-order valence-electron chi connectivity index (χ3n) is 4.00. The van der Waals surface area contributed by atoms with E-state index in [1.807, 2.05) is 32.5 Å². The first-order valence-corrected chi connectivity index (χ1v) is 8.20. The van der Waals surface area contributed by atoms with Crippen molar-refractivity contribution in [3.05, 3.63) is 0 Å². The Morgan fingerprint density at radius 3 is 2.53 bits per heavy atom. The zero-order valence-electron chi connectivity index (χ0n) is 12.8. The van der Waals surface area contributed by atoms with E-state index in [0.29, 0.717) is 0 Å². The van der Waals surface area contributed by atoms with Crippen LogP contribution < -0.4 is 10.6 Å². The van der Waals surface area contributed by atoms with Crippen LogP contribution in [0.1, 0.15) is 46.5 Å². The van der Waals surface area contributed by atoms with E-state index in [2.05, 4.69) is 16.9 Å². The summed E-state index contributed by atoms with van der Waals surface area (Å²) in [5.74, 6) is 0. The Kier molecular flexibility index (Phi) is 5.99. The van der Waals surface area contributed by atoms with E-state index in [1.165, 1.54) is 19.3 Å². The van der Waals surface area contributed by atoms with Gasteiger partial charge in [0.25, 0.3) is 0 Å². The molecule has 0 unspecified atom stereocenters. The summed E-state index contributed by atoms with van der Waals surface area (Å²) >= 11 is 1.87. The van der Waals surface area contributed by atoms with Gasteiger partial charge < -0.3 is 15.4 Å². The van der Waals surface area contributed by atoms with E-state index in [0.717, 1.165) is 13.0 Å². The van der Waals surface area contributed by atoms with Gasteiger partial charge in [0.15, 0.2) is 0 Å². The van der Waals surface area contributed by atoms with Crippen molar-refractivity contribution in [1.29, 1.82) is 0 Å². The van der Waals surface area contributed by atoms with E-state index in [4.69, 9.17) is 4.74 Å². The van der Waals surface area contributed by atoms with Crippen LogP contribution in [0.5, 0.6) is 0 Å². The van der Waals surface area contributed by atoms with Crippen molar-refractivity contribution in [3.63, 3.8) is 0 Å². The fourth-order valence-corrected chi connectivity index (χ4v) is 3.33. The number of amides is 2. The molecular weight excluding hydrogens is 260 g/mol. The zero-order chi connectivity index (χ0) is 14.5. The van der Waals surface area contributed by atoms with Gasteiger partial charge in [0.05, 0.1) is 5.60 Å². The van der Waals surface area contributed by atoms with Crippen LogP contribution in [0.2, 0.25) is 0 Å². The number of nitrogens with one attached hydrogen (secondary N) is 2. The van der Waals surface area contributed by atoms with Crippen molar-refractivity contribution in [3.8, 4) is 0 Å². The van der Waals surface area contributed by atoms with Gasteiger partial charge in [-0.15, -0.1) is 0 Å². The summed E-state index contributed by atoms with van der Waals surface area (Å²) in [7, 11) is 1.70. The molecule has 1 rings (SSSR count). The highest BCUT2D eigenvalue weighted by molar-refractivity contribution is 8.00. The van der Waals surface area contributed by atoms with Crippen molar-refractivity contribution < 1.29 is 9.53 Å². The number of methoxy groups -OCH3 is 1. The molecule has 0 saturated heterocycles. The molecule has 2 N–H and O–H groups in total. The fourth-order valence-electron chi connectivity index (χ4n) is 2.41. The van der Waals surface area contributed by atoms with Crippen molar-refractivity contribution in [2.24, 2.45) is 0 Å². The number of urea groups is 1. The van der Waals surface area contributed by atoms with Gasteiger partial charge in [-0.2, -0.15) is 11.8 Å². The molecule has 1 saturated carbocycles. The first-order chi connectivity index (χ1) is 8.82. The third kappa shape index (κ3) is 5.22. The number of hydrogen-bond acceptors (Lipinski definition) is 3. The maximum absolute atomic E-state index is 11.9. The Balaban J connectivity index is 2.27.